The second-order valence-electron chi connectivity index (χ2n) is 3.85. The summed E-state index contributed by atoms with van der Waals surface area (Å²) in [6, 6.07) is 5.58. The summed E-state index contributed by atoms with van der Waals surface area (Å²) in [5, 5.41) is 18.1. The lowest BCUT2D eigenvalue weighted by atomic mass is 10.2. The van der Waals surface area contributed by atoms with Gasteiger partial charge in [0, 0.05) is 12.2 Å². The number of halogens is 1. The number of amides is 1. The Morgan fingerprint density at radius 1 is 1.47 bits per heavy atom. The lowest BCUT2D eigenvalue weighted by molar-refractivity contribution is -0.114. The van der Waals surface area contributed by atoms with Crippen molar-refractivity contribution in [1.29, 1.82) is 0 Å². The average molecular weight is 256 g/mol. The fourth-order valence-electron chi connectivity index (χ4n) is 1.57. The fraction of sp³-hybridized carbons (Fsp3) is 0.364. The molecule has 1 amide bonds. The molecule has 4 N–H and O–H groups in total. The number of anilines is 3. The molecule has 0 fully saturated rings. The molecular weight excluding hydrogens is 242 g/mol. The van der Waals surface area contributed by atoms with E-state index in [1.165, 1.54) is 0 Å². The number of hydrogen-bond acceptors (Lipinski definition) is 4. The lowest BCUT2D eigenvalue weighted by Crippen LogP contribution is -2.27. The van der Waals surface area contributed by atoms with Crippen LogP contribution in [0, 0.1) is 0 Å². The van der Waals surface area contributed by atoms with Gasteiger partial charge in [0.2, 0.25) is 5.91 Å². The van der Waals surface area contributed by atoms with E-state index in [0.717, 1.165) is 17.1 Å². The molecule has 0 saturated carbocycles. The van der Waals surface area contributed by atoms with Crippen molar-refractivity contribution in [3.8, 4) is 0 Å². The van der Waals surface area contributed by atoms with Gasteiger partial charge in [-0.25, -0.2) is 0 Å². The number of rotatable bonds is 4. The van der Waals surface area contributed by atoms with Gasteiger partial charge in [0.15, 0.2) is 0 Å². The maximum atomic E-state index is 11.2. The van der Waals surface area contributed by atoms with Gasteiger partial charge in [0.1, 0.15) is 0 Å². The van der Waals surface area contributed by atoms with Crippen molar-refractivity contribution in [2.45, 2.75) is 6.10 Å². The third kappa shape index (κ3) is 3.01. The lowest BCUT2D eigenvalue weighted by Gasteiger charge is -2.20. The monoisotopic (exact) mass is 255 g/mol. The van der Waals surface area contributed by atoms with E-state index in [-0.39, 0.29) is 11.8 Å². The standard InChI is InChI=1S/C11H14ClN3O2/c12-4-8(16)5-13-7-1-2-9-10(3-7)15-11(17)6-14-9/h1-3,8,13-14,16H,4-6H2,(H,15,17). The first kappa shape index (κ1) is 12.0. The van der Waals surface area contributed by atoms with Gasteiger partial charge in [-0.05, 0) is 18.2 Å². The van der Waals surface area contributed by atoms with Crippen molar-refractivity contribution in [1.82, 2.24) is 0 Å². The number of fused-ring (bicyclic) bond motifs is 1. The van der Waals surface area contributed by atoms with Crippen molar-refractivity contribution in [3.05, 3.63) is 18.2 Å². The molecular formula is C11H14ClN3O2. The van der Waals surface area contributed by atoms with Gasteiger partial charge in [0.25, 0.3) is 0 Å². The van der Waals surface area contributed by atoms with E-state index in [0.29, 0.717) is 13.1 Å². The molecule has 1 aromatic rings. The second kappa shape index (κ2) is 5.25. The van der Waals surface area contributed by atoms with Crippen LogP contribution in [-0.4, -0.2) is 36.1 Å². The smallest absolute Gasteiger partial charge is 0.243 e. The summed E-state index contributed by atoms with van der Waals surface area (Å²) >= 11 is 5.50. The molecule has 2 rings (SSSR count). The van der Waals surface area contributed by atoms with E-state index in [9.17, 15) is 9.90 Å². The van der Waals surface area contributed by atoms with Crippen LogP contribution in [0.5, 0.6) is 0 Å². The molecule has 0 bridgehead atoms. The van der Waals surface area contributed by atoms with Crippen molar-refractivity contribution < 1.29 is 9.90 Å². The normalized spacial score (nSPS) is 15.5. The quantitative estimate of drug-likeness (QED) is 0.607. The summed E-state index contributed by atoms with van der Waals surface area (Å²) in [7, 11) is 0. The van der Waals surface area contributed by atoms with Crippen molar-refractivity contribution in [3.63, 3.8) is 0 Å². The summed E-state index contributed by atoms with van der Waals surface area (Å²) in [6.07, 6.45) is -0.583. The van der Waals surface area contributed by atoms with E-state index in [1.807, 2.05) is 18.2 Å². The molecule has 0 saturated heterocycles. The van der Waals surface area contributed by atoms with E-state index < -0.39 is 6.10 Å². The Labute approximate surface area is 104 Å². The average Bonchev–Trinajstić information content (AvgIpc) is 2.35. The summed E-state index contributed by atoms with van der Waals surface area (Å²) in [4.78, 5) is 11.2. The van der Waals surface area contributed by atoms with Gasteiger partial charge in [0.05, 0.1) is 29.9 Å². The number of aliphatic hydroxyl groups is 1. The summed E-state index contributed by atoms with van der Waals surface area (Å²) in [6.45, 7) is 0.675. The summed E-state index contributed by atoms with van der Waals surface area (Å²) in [5.74, 6) is 0.131. The Morgan fingerprint density at radius 3 is 3.06 bits per heavy atom. The molecule has 0 radical (unpaired) electrons. The first-order chi connectivity index (χ1) is 8.19. The van der Waals surface area contributed by atoms with Crippen LogP contribution in [0.3, 0.4) is 0 Å². The van der Waals surface area contributed by atoms with Gasteiger partial charge in [-0.15, -0.1) is 11.6 Å². The van der Waals surface area contributed by atoms with Gasteiger partial charge in [-0.3, -0.25) is 4.79 Å². The maximum Gasteiger partial charge on any atom is 0.243 e. The summed E-state index contributed by atoms with van der Waals surface area (Å²) in [5.41, 5.74) is 2.47. The van der Waals surface area contributed by atoms with Crippen LogP contribution in [-0.2, 0) is 4.79 Å². The highest BCUT2D eigenvalue weighted by Gasteiger charge is 2.13. The number of nitrogens with one attached hydrogen (secondary N) is 3. The van der Waals surface area contributed by atoms with Crippen LogP contribution in [0.1, 0.15) is 0 Å². The zero-order valence-corrected chi connectivity index (χ0v) is 9.92. The van der Waals surface area contributed by atoms with Crippen LogP contribution in [0.2, 0.25) is 0 Å². The zero-order valence-electron chi connectivity index (χ0n) is 9.16. The SMILES string of the molecule is O=C1CNc2ccc(NCC(O)CCl)cc2N1. The highest BCUT2D eigenvalue weighted by Crippen LogP contribution is 2.27. The second-order valence-corrected chi connectivity index (χ2v) is 4.16. The van der Waals surface area contributed by atoms with Gasteiger partial charge >= 0.3 is 0 Å². The first-order valence-electron chi connectivity index (χ1n) is 5.34. The molecule has 0 aromatic heterocycles. The molecule has 6 heteroatoms. The Hall–Kier alpha value is -1.46. The molecule has 0 spiro atoms. The molecule has 1 aliphatic heterocycles. The zero-order chi connectivity index (χ0) is 12.3. The molecule has 5 nitrogen and oxygen atoms in total. The van der Waals surface area contributed by atoms with Crippen LogP contribution in [0.4, 0.5) is 17.1 Å². The molecule has 1 aliphatic rings. The van der Waals surface area contributed by atoms with E-state index in [2.05, 4.69) is 16.0 Å². The van der Waals surface area contributed by atoms with Crippen molar-refractivity contribution >= 4 is 34.6 Å². The molecule has 1 aromatic carbocycles. The van der Waals surface area contributed by atoms with Crippen LogP contribution < -0.4 is 16.0 Å². The van der Waals surface area contributed by atoms with Gasteiger partial charge < -0.3 is 21.1 Å². The molecule has 1 atom stereocenters. The predicted molar refractivity (Wildman–Crippen MR) is 68.8 cm³/mol. The van der Waals surface area contributed by atoms with Crippen LogP contribution in [0.25, 0.3) is 0 Å². The minimum absolute atomic E-state index is 0.0598. The molecule has 17 heavy (non-hydrogen) atoms. The molecule has 1 unspecified atom stereocenters. The van der Waals surface area contributed by atoms with Gasteiger partial charge in [-0.2, -0.15) is 0 Å². The fourth-order valence-corrected chi connectivity index (χ4v) is 1.68. The van der Waals surface area contributed by atoms with E-state index >= 15 is 0 Å². The first-order valence-corrected chi connectivity index (χ1v) is 5.88. The highest BCUT2D eigenvalue weighted by atomic mass is 35.5. The van der Waals surface area contributed by atoms with Crippen molar-refractivity contribution in [2.24, 2.45) is 0 Å². The Balaban J connectivity index is 2.05. The topological polar surface area (TPSA) is 73.4 Å². The minimum Gasteiger partial charge on any atom is -0.390 e. The molecule has 1 heterocycles. The third-order valence-corrected chi connectivity index (χ3v) is 2.81. The Bertz CT molecular complexity index is 425. The van der Waals surface area contributed by atoms with Crippen molar-refractivity contribution in [2.75, 3.05) is 34.9 Å². The number of carbonyl (C=O) groups excluding carboxylic acids is 1. The molecule has 92 valence electrons. The van der Waals surface area contributed by atoms with Crippen LogP contribution in [0.15, 0.2) is 18.2 Å². The minimum atomic E-state index is -0.583. The maximum absolute atomic E-state index is 11.2. The van der Waals surface area contributed by atoms with E-state index in [1.54, 1.807) is 0 Å². The number of carbonyl (C=O) groups is 1. The predicted octanol–water partition coefficient (Wildman–Crippen LogP) is 1.06. The highest BCUT2D eigenvalue weighted by molar-refractivity contribution is 6.18. The number of hydrogen-bond donors (Lipinski definition) is 4. The Morgan fingerprint density at radius 2 is 2.29 bits per heavy atom. The number of benzene rings is 1. The number of alkyl halides is 1. The number of aliphatic hydroxyl groups excluding tert-OH is 1. The summed E-state index contributed by atoms with van der Waals surface area (Å²) < 4.78 is 0. The molecule has 0 aliphatic carbocycles. The van der Waals surface area contributed by atoms with Gasteiger partial charge in [-0.1, -0.05) is 0 Å². The van der Waals surface area contributed by atoms with E-state index in [4.69, 9.17) is 11.6 Å². The van der Waals surface area contributed by atoms with Crippen LogP contribution >= 0.6 is 11.6 Å². The largest absolute Gasteiger partial charge is 0.390 e. The Kier molecular flexibility index (Phi) is 3.71. The third-order valence-electron chi connectivity index (χ3n) is 2.45.